The summed E-state index contributed by atoms with van der Waals surface area (Å²) in [5.41, 5.74) is 3.33. The summed E-state index contributed by atoms with van der Waals surface area (Å²) in [6, 6.07) is 9.42. The van der Waals surface area contributed by atoms with Gasteiger partial charge in [0, 0.05) is 18.4 Å². The third-order valence-electron chi connectivity index (χ3n) is 3.41. The first kappa shape index (κ1) is 11.4. The van der Waals surface area contributed by atoms with E-state index in [9.17, 15) is 4.39 Å². The Bertz CT molecular complexity index is 554. The van der Waals surface area contributed by atoms with Gasteiger partial charge in [-0.05, 0) is 48.2 Å². The molecule has 2 unspecified atom stereocenters. The van der Waals surface area contributed by atoms with Crippen LogP contribution in [0.4, 0.5) is 4.39 Å². The Morgan fingerprint density at radius 3 is 3.00 bits per heavy atom. The van der Waals surface area contributed by atoms with Crippen molar-refractivity contribution in [3.8, 4) is 0 Å². The molecule has 0 amide bonds. The van der Waals surface area contributed by atoms with Gasteiger partial charge in [0.1, 0.15) is 5.82 Å². The number of rotatable bonds is 1. The molecule has 0 spiro atoms. The molecular formula is C15H15FN2. The fourth-order valence-electron chi connectivity index (χ4n) is 2.61. The Balaban J connectivity index is 2.09. The number of hydrogen-bond acceptors (Lipinski definition) is 2. The summed E-state index contributed by atoms with van der Waals surface area (Å²) < 4.78 is 13.4. The highest BCUT2D eigenvalue weighted by Crippen LogP contribution is 2.30. The molecule has 1 aromatic carbocycles. The minimum Gasteiger partial charge on any atom is -0.303 e. The van der Waals surface area contributed by atoms with E-state index < -0.39 is 0 Å². The molecule has 18 heavy (non-hydrogen) atoms. The van der Waals surface area contributed by atoms with E-state index in [0.29, 0.717) is 6.04 Å². The topological polar surface area (TPSA) is 24.9 Å². The standard InChI is InChI=1S/C15H15FN2/c1-10-7-11-4-5-13(16)8-14(11)15(18-10)12-3-2-6-17-9-12/h2-6,8-10,15,18H,7H2,1H3. The van der Waals surface area contributed by atoms with Gasteiger partial charge in [-0.15, -0.1) is 0 Å². The van der Waals surface area contributed by atoms with Crippen LogP contribution >= 0.6 is 0 Å². The van der Waals surface area contributed by atoms with Crippen molar-refractivity contribution in [2.75, 3.05) is 0 Å². The molecule has 2 aromatic rings. The lowest BCUT2D eigenvalue weighted by Gasteiger charge is -2.31. The Morgan fingerprint density at radius 1 is 1.33 bits per heavy atom. The van der Waals surface area contributed by atoms with Crippen molar-refractivity contribution < 1.29 is 4.39 Å². The van der Waals surface area contributed by atoms with Gasteiger partial charge in [-0.1, -0.05) is 12.1 Å². The van der Waals surface area contributed by atoms with Gasteiger partial charge in [-0.25, -0.2) is 4.39 Å². The number of nitrogens with one attached hydrogen (secondary N) is 1. The molecule has 3 rings (SSSR count). The highest BCUT2D eigenvalue weighted by molar-refractivity contribution is 5.39. The van der Waals surface area contributed by atoms with Gasteiger partial charge >= 0.3 is 0 Å². The van der Waals surface area contributed by atoms with Crippen LogP contribution in [-0.4, -0.2) is 11.0 Å². The lowest BCUT2D eigenvalue weighted by Crippen LogP contribution is -2.38. The molecule has 0 bridgehead atoms. The fraction of sp³-hybridized carbons (Fsp3) is 0.267. The van der Waals surface area contributed by atoms with Crippen molar-refractivity contribution in [1.82, 2.24) is 10.3 Å². The molecular weight excluding hydrogens is 227 g/mol. The molecule has 1 aromatic heterocycles. The second kappa shape index (κ2) is 4.50. The predicted molar refractivity (Wildman–Crippen MR) is 68.8 cm³/mol. The fourth-order valence-corrected chi connectivity index (χ4v) is 2.61. The predicted octanol–water partition coefficient (Wildman–Crippen LogP) is 2.84. The van der Waals surface area contributed by atoms with Gasteiger partial charge < -0.3 is 5.32 Å². The Kier molecular flexibility index (Phi) is 2.84. The zero-order chi connectivity index (χ0) is 12.5. The first-order valence-electron chi connectivity index (χ1n) is 6.18. The van der Waals surface area contributed by atoms with E-state index in [1.54, 1.807) is 12.3 Å². The molecule has 0 fully saturated rings. The van der Waals surface area contributed by atoms with Gasteiger partial charge in [-0.3, -0.25) is 4.98 Å². The summed E-state index contributed by atoms with van der Waals surface area (Å²) in [7, 11) is 0. The summed E-state index contributed by atoms with van der Waals surface area (Å²) in [6.45, 7) is 2.15. The maximum Gasteiger partial charge on any atom is 0.123 e. The van der Waals surface area contributed by atoms with Crippen molar-refractivity contribution in [2.24, 2.45) is 0 Å². The summed E-state index contributed by atoms with van der Waals surface area (Å²) in [6.07, 6.45) is 4.53. The number of hydrogen-bond donors (Lipinski definition) is 1. The quantitative estimate of drug-likeness (QED) is 0.831. The average molecular weight is 242 g/mol. The van der Waals surface area contributed by atoms with Gasteiger partial charge in [0.15, 0.2) is 0 Å². The SMILES string of the molecule is CC1Cc2ccc(F)cc2C(c2cccnc2)N1. The molecule has 0 aliphatic carbocycles. The van der Waals surface area contributed by atoms with Crippen molar-refractivity contribution >= 4 is 0 Å². The van der Waals surface area contributed by atoms with E-state index in [0.717, 1.165) is 17.5 Å². The first-order chi connectivity index (χ1) is 8.74. The number of halogens is 1. The van der Waals surface area contributed by atoms with Crippen LogP contribution in [0.25, 0.3) is 0 Å². The lowest BCUT2D eigenvalue weighted by atomic mass is 9.87. The zero-order valence-electron chi connectivity index (χ0n) is 10.2. The van der Waals surface area contributed by atoms with Crippen LogP contribution in [0, 0.1) is 5.82 Å². The van der Waals surface area contributed by atoms with Gasteiger partial charge in [0.25, 0.3) is 0 Å². The van der Waals surface area contributed by atoms with Gasteiger partial charge in [0.05, 0.1) is 6.04 Å². The van der Waals surface area contributed by atoms with Crippen LogP contribution < -0.4 is 5.32 Å². The molecule has 2 heterocycles. The Morgan fingerprint density at radius 2 is 2.22 bits per heavy atom. The summed E-state index contributed by atoms with van der Waals surface area (Å²) in [4.78, 5) is 4.15. The smallest absolute Gasteiger partial charge is 0.123 e. The maximum atomic E-state index is 13.4. The number of pyridine rings is 1. The molecule has 92 valence electrons. The van der Waals surface area contributed by atoms with E-state index in [1.807, 2.05) is 24.4 Å². The van der Waals surface area contributed by atoms with Crippen LogP contribution in [0.1, 0.15) is 29.7 Å². The molecule has 1 aliphatic rings. The second-order valence-corrected chi connectivity index (χ2v) is 4.83. The minimum absolute atomic E-state index is 0.0353. The monoisotopic (exact) mass is 242 g/mol. The minimum atomic E-state index is -0.181. The highest BCUT2D eigenvalue weighted by atomic mass is 19.1. The normalized spacial score (nSPS) is 22.6. The first-order valence-corrected chi connectivity index (χ1v) is 6.18. The van der Waals surface area contributed by atoms with E-state index in [-0.39, 0.29) is 11.9 Å². The third kappa shape index (κ3) is 2.02. The van der Waals surface area contributed by atoms with Crippen molar-refractivity contribution in [1.29, 1.82) is 0 Å². The largest absolute Gasteiger partial charge is 0.303 e. The summed E-state index contributed by atoms with van der Waals surface area (Å²) >= 11 is 0. The zero-order valence-corrected chi connectivity index (χ0v) is 10.2. The molecule has 1 aliphatic heterocycles. The average Bonchev–Trinajstić information content (AvgIpc) is 2.39. The van der Waals surface area contributed by atoms with Crippen LogP contribution in [0.2, 0.25) is 0 Å². The Labute approximate surface area is 106 Å². The van der Waals surface area contributed by atoms with Gasteiger partial charge in [-0.2, -0.15) is 0 Å². The van der Waals surface area contributed by atoms with E-state index >= 15 is 0 Å². The van der Waals surface area contributed by atoms with E-state index in [1.165, 1.54) is 11.6 Å². The van der Waals surface area contributed by atoms with Crippen LogP contribution in [0.3, 0.4) is 0 Å². The van der Waals surface area contributed by atoms with Crippen LogP contribution in [-0.2, 0) is 6.42 Å². The summed E-state index contributed by atoms with van der Waals surface area (Å²) in [5, 5.41) is 3.51. The molecule has 1 N–H and O–H groups in total. The molecule has 0 saturated heterocycles. The number of fused-ring (bicyclic) bond motifs is 1. The number of nitrogens with zero attached hydrogens (tertiary/aromatic N) is 1. The summed E-state index contributed by atoms with van der Waals surface area (Å²) in [5.74, 6) is -0.181. The lowest BCUT2D eigenvalue weighted by molar-refractivity contribution is 0.460. The number of aromatic nitrogens is 1. The van der Waals surface area contributed by atoms with Gasteiger partial charge in [0.2, 0.25) is 0 Å². The number of benzene rings is 1. The Hall–Kier alpha value is -1.74. The van der Waals surface area contributed by atoms with Crippen LogP contribution in [0.15, 0.2) is 42.7 Å². The molecule has 2 atom stereocenters. The molecule has 3 heteroatoms. The van der Waals surface area contributed by atoms with Crippen LogP contribution in [0.5, 0.6) is 0 Å². The molecule has 2 nitrogen and oxygen atoms in total. The van der Waals surface area contributed by atoms with E-state index in [2.05, 4.69) is 17.2 Å². The second-order valence-electron chi connectivity index (χ2n) is 4.83. The van der Waals surface area contributed by atoms with Crippen molar-refractivity contribution in [3.05, 3.63) is 65.2 Å². The molecule has 0 saturated carbocycles. The highest BCUT2D eigenvalue weighted by Gasteiger charge is 2.25. The van der Waals surface area contributed by atoms with E-state index in [4.69, 9.17) is 0 Å². The third-order valence-corrected chi connectivity index (χ3v) is 3.41. The molecule has 0 radical (unpaired) electrons. The maximum absolute atomic E-state index is 13.4. The van der Waals surface area contributed by atoms with Crippen molar-refractivity contribution in [3.63, 3.8) is 0 Å². The van der Waals surface area contributed by atoms with Crippen molar-refractivity contribution in [2.45, 2.75) is 25.4 Å².